The second kappa shape index (κ2) is 5.14. The quantitative estimate of drug-likeness (QED) is 0.882. The SMILES string of the molecule is CN(Cc1ccc2c(c1)CCO2)CC1(CN)CCC1. The third-order valence-corrected chi connectivity index (χ3v) is 4.66. The van der Waals surface area contributed by atoms with Gasteiger partial charge in [0.2, 0.25) is 0 Å². The lowest BCUT2D eigenvalue weighted by molar-refractivity contribution is 0.0845. The van der Waals surface area contributed by atoms with E-state index in [0.717, 1.165) is 38.4 Å². The summed E-state index contributed by atoms with van der Waals surface area (Å²) < 4.78 is 5.55. The highest BCUT2D eigenvalue weighted by molar-refractivity contribution is 5.39. The molecule has 3 heteroatoms. The molecule has 3 rings (SSSR count). The largest absolute Gasteiger partial charge is 0.493 e. The van der Waals surface area contributed by atoms with E-state index in [1.165, 1.54) is 30.4 Å². The predicted octanol–water partition coefficient (Wildman–Crippen LogP) is 2.18. The Morgan fingerprint density at radius 2 is 2.21 bits per heavy atom. The lowest BCUT2D eigenvalue weighted by Crippen LogP contribution is -2.45. The van der Waals surface area contributed by atoms with Gasteiger partial charge < -0.3 is 15.4 Å². The van der Waals surface area contributed by atoms with E-state index >= 15 is 0 Å². The van der Waals surface area contributed by atoms with Gasteiger partial charge in [-0.2, -0.15) is 0 Å². The summed E-state index contributed by atoms with van der Waals surface area (Å²) in [4.78, 5) is 2.42. The number of fused-ring (bicyclic) bond motifs is 1. The van der Waals surface area contributed by atoms with Gasteiger partial charge in [0.05, 0.1) is 6.61 Å². The van der Waals surface area contributed by atoms with Crippen molar-refractivity contribution in [2.24, 2.45) is 11.1 Å². The number of hydrogen-bond donors (Lipinski definition) is 1. The van der Waals surface area contributed by atoms with Crippen molar-refractivity contribution >= 4 is 0 Å². The average molecular weight is 260 g/mol. The summed E-state index contributed by atoms with van der Waals surface area (Å²) in [6, 6.07) is 6.61. The summed E-state index contributed by atoms with van der Waals surface area (Å²) in [7, 11) is 2.21. The first-order chi connectivity index (χ1) is 9.21. The Morgan fingerprint density at radius 3 is 2.89 bits per heavy atom. The van der Waals surface area contributed by atoms with Gasteiger partial charge in [0.25, 0.3) is 0 Å². The number of hydrogen-bond acceptors (Lipinski definition) is 3. The van der Waals surface area contributed by atoms with Crippen LogP contribution in [0.25, 0.3) is 0 Å². The Balaban J connectivity index is 1.61. The van der Waals surface area contributed by atoms with Crippen LogP contribution in [0.2, 0.25) is 0 Å². The fourth-order valence-electron chi connectivity index (χ4n) is 3.38. The summed E-state index contributed by atoms with van der Waals surface area (Å²) >= 11 is 0. The van der Waals surface area contributed by atoms with Crippen LogP contribution in [0.15, 0.2) is 18.2 Å². The van der Waals surface area contributed by atoms with Crippen LogP contribution in [0, 0.1) is 5.41 Å². The standard InChI is InChI=1S/C16H24N2O/c1-18(12-16(11-17)6-2-7-16)10-13-3-4-15-14(9-13)5-8-19-15/h3-4,9H,2,5-8,10-12,17H2,1H3. The smallest absolute Gasteiger partial charge is 0.122 e. The molecule has 0 atom stereocenters. The van der Waals surface area contributed by atoms with Crippen LogP contribution in [0.5, 0.6) is 5.75 Å². The van der Waals surface area contributed by atoms with E-state index < -0.39 is 0 Å². The third kappa shape index (κ3) is 2.63. The summed E-state index contributed by atoms with van der Waals surface area (Å²) in [5.41, 5.74) is 9.09. The predicted molar refractivity (Wildman–Crippen MR) is 77.3 cm³/mol. The summed E-state index contributed by atoms with van der Waals surface area (Å²) in [5, 5.41) is 0. The Hall–Kier alpha value is -1.06. The molecule has 2 N–H and O–H groups in total. The second-order valence-electron chi connectivity index (χ2n) is 6.27. The first-order valence-corrected chi connectivity index (χ1v) is 7.34. The van der Waals surface area contributed by atoms with Crippen LogP contribution in [-0.4, -0.2) is 31.6 Å². The topological polar surface area (TPSA) is 38.5 Å². The zero-order valence-corrected chi connectivity index (χ0v) is 11.8. The van der Waals surface area contributed by atoms with E-state index in [-0.39, 0.29) is 0 Å². The molecule has 0 bridgehead atoms. The third-order valence-electron chi connectivity index (χ3n) is 4.66. The molecule has 0 saturated heterocycles. The zero-order chi connectivity index (χ0) is 13.3. The Kier molecular flexibility index (Phi) is 3.50. The molecule has 1 aliphatic carbocycles. The van der Waals surface area contributed by atoms with Crippen LogP contribution in [0.3, 0.4) is 0 Å². The van der Waals surface area contributed by atoms with Crippen LogP contribution in [-0.2, 0) is 13.0 Å². The van der Waals surface area contributed by atoms with Crippen molar-refractivity contribution in [3.63, 3.8) is 0 Å². The molecule has 1 aromatic carbocycles. The molecule has 1 heterocycles. The number of benzene rings is 1. The maximum atomic E-state index is 5.94. The van der Waals surface area contributed by atoms with E-state index in [4.69, 9.17) is 10.5 Å². The number of rotatable bonds is 5. The normalized spacial score (nSPS) is 19.9. The van der Waals surface area contributed by atoms with Gasteiger partial charge in [-0.1, -0.05) is 18.6 Å². The molecular weight excluding hydrogens is 236 g/mol. The van der Waals surface area contributed by atoms with Crippen molar-refractivity contribution in [1.82, 2.24) is 4.90 Å². The molecule has 3 nitrogen and oxygen atoms in total. The van der Waals surface area contributed by atoms with E-state index in [2.05, 4.69) is 30.1 Å². The lowest BCUT2D eigenvalue weighted by Gasteiger charge is -2.43. The highest BCUT2D eigenvalue weighted by Crippen LogP contribution is 2.40. The van der Waals surface area contributed by atoms with Gasteiger partial charge in [-0.05, 0) is 49.0 Å². The highest BCUT2D eigenvalue weighted by atomic mass is 16.5. The first kappa shape index (κ1) is 12.9. The maximum Gasteiger partial charge on any atom is 0.122 e. The maximum absolute atomic E-state index is 5.94. The van der Waals surface area contributed by atoms with Crippen molar-refractivity contribution in [1.29, 1.82) is 0 Å². The summed E-state index contributed by atoms with van der Waals surface area (Å²) in [6.45, 7) is 3.80. The highest BCUT2D eigenvalue weighted by Gasteiger charge is 2.36. The molecule has 0 radical (unpaired) electrons. The van der Waals surface area contributed by atoms with Gasteiger partial charge in [0.1, 0.15) is 5.75 Å². The van der Waals surface area contributed by atoms with Gasteiger partial charge in [0, 0.05) is 19.5 Å². The Morgan fingerprint density at radius 1 is 1.37 bits per heavy atom. The molecule has 1 fully saturated rings. The Labute approximate surface area is 115 Å². The van der Waals surface area contributed by atoms with E-state index in [9.17, 15) is 0 Å². The van der Waals surface area contributed by atoms with Crippen molar-refractivity contribution in [3.8, 4) is 5.75 Å². The van der Waals surface area contributed by atoms with E-state index in [1.54, 1.807) is 0 Å². The molecule has 104 valence electrons. The van der Waals surface area contributed by atoms with Gasteiger partial charge in [-0.25, -0.2) is 0 Å². The minimum absolute atomic E-state index is 0.397. The molecule has 0 amide bonds. The van der Waals surface area contributed by atoms with Crippen molar-refractivity contribution in [3.05, 3.63) is 29.3 Å². The number of nitrogens with zero attached hydrogens (tertiary/aromatic N) is 1. The van der Waals surface area contributed by atoms with Crippen molar-refractivity contribution < 1.29 is 4.74 Å². The van der Waals surface area contributed by atoms with E-state index in [1.807, 2.05) is 0 Å². The monoisotopic (exact) mass is 260 g/mol. The van der Waals surface area contributed by atoms with Crippen LogP contribution in [0.1, 0.15) is 30.4 Å². The van der Waals surface area contributed by atoms with Crippen molar-refractivity contribution in [2.45, 2.75) is 32.2 Å². The van der Waals surface area contributed by atoms with Gasteiger partial charge in [0.15, 0.2) is 0 Å². The minimum atomic E-state index is 0.397. The Bertz CT molecular complexity index is 449. The summed E-state index contributed by atoms with van der Waals surface area (Å²) in [5.74, 6) is 1.07. The second-order valence-corrected chi connectivity index (χ2v) is 6.27. The first-order valence-electron chi connectivity index (χ1n) is 7.34. The molecule has 1 aliphatic heterocycles. The molecule has 0 aromatic heterocycles. The van der Waals surface area contributed by atoms with Crippen LogP contribution >= 0.6 is 0 Å². The van der Waals surface area contributed by atoms with E-state index in [0.29, 0.717) is 5.41 Å². The number of nitrogens with two attached hydrogens (primary N) is 1. The molecule has 19 heavy (non-hydrogen) atoms. The van der Waals surface area contributed by atoms with Gasteiger partial charge in [-0.15, -0.1) is 0 Å². The average Bonchev–Trinajstić information content (AvgIpc) is 2.81. The fraction of sp³-hybridized carbons (Fsp3) is 0.625. The van der Waals surface area contributed by atoms with Crippen LogP contribution < -0.4 is 10.5 Å². The molecular formula is C16H24N2O. The molecule has 1 saturated carbocycles. The van der Waals surface area contributed by atoms with Crippen molar-refractivity contribution in [2.75, 3.05) is 26.7 Å². The van der Waals surface area contributed by atoms with Gasteiger partial charge in [-0.3, -0.25) is 0 Å². The molecule has 0 unspecified atom stereocenters. The summed E-state index contributed by atoms with van der Waals surface area (Å²) in [6.07, 6.45) is 5.00. The lowest BCUT2D eigenvalue weighted by atomic mass is 9.68. The fourth-order valence-corrected chi connectivity index (χ4v) is 3.38. The van der Waals surface area contributed by atoms with Gasteiger partial charge >= 0.3 is 0 Å². The zero-order valence-electron chi connectivity index (χ0n) is 11.8. The molecule has 0 spiro atoms. The van der Waals surface area contributed by atoms with Crippen LogP contribution in [0.4, 0.5) is 0 Å². The minimum Gasteiger partial charge on any atom is -0.493 e. The molecule has 1 aromatic rings. The number of ether oxygens (including phenoxy) is 1. The molecule has 2 aliphatic rings.